The Kier molecular flexibility index (Phi) is 10.0. The number of ether oxygens (including phenoxy) is 1. The van der Waals surface area contributed by atoms with Crippen LogP contribution in [0.2, 0.25) is 0 Å². The first-order valence-electron chi connectivity index (χ1n) is 10.9. The van der Waals surface area contributed by atoms with E-state index in [1.54, 1.807) is 11.8 Å². The Bertz CT molecular complexity index is 852. The summed E-state index contributed by atoms with van der Waals surface area (Å²) in [7, 11) is 0. The second kappa shape index (κ2) is 12.5. The average Bonchev–Trinajstić information content (AvgIpc) is 2.75. The first-order valence-corrected chi connectivity index (χ1v) is 11.7. The van der Waals surface area contributed by atoms with Crippen molar-refractivity contribution in [2.45, 2.75) is 59.0 Å². The maximum Gasteiger partial charge on any atom is 0.261 e. The number of carbonyl (C=O) groups is 2. The number of hydrogen-bond acceptors (Lipinski definition) is 3. The molecule has 6 heteroatoms. The third kappa shape index (κ3) is 8.02. The van der Waals surface area contributed by atoms with Gasteiger partial charge in [0.15, 0.2) is 6.61 Å². The van der Waals surface area contributed by atoms with Crippen LogP contribution in [-0.4, -0.2) is 35.9 Å². The van der Waals surface area contributed by atoms with Gasteiger partial charge < -0.3 is 15.0 Å². The van der Waals surface area contributed by atoms with Crippen molar-refractivity contribution in [3.05, 3.63) is 64.1 Å². The third-order valence-electron chi connectivity index (χ3n) is 5.15. The minimum atomic E-state index is -0.602. The van der Waals surface area contributed by atoms with Crippen molar-refractivity contribution in [3.63, 3.8) is 0 Å². The minimum Gasteiger partial charge on any atom is -0.484 e. The molecule has 0 bridgehead atoms. The molecule has 1 N–H and O–H groups in total. The van der Waals surface area contributed by atoms with E-state index in [1.165, 1.54) is 5.56 Å². The molecule has 0 fully saturated rings. The van der Waals surface area contributed by atoms with Crippen molar-refractivity contribution in [1.29, 1.82) is 0 Å². The van der Waals surface area contributed by atoms with Gasteiger partial charge in [0, 0.05) is 17.6 Å². The highest BCUT2D eigenvalue weighted by atomic mass is 79.9. The molecule has 0 unspecified atom stereocenters. The van der Waals surface area contributed by atoms with Crippen molar-refractivity contribution in [1.82, 2.24) is 10.2 Å². The predicted octanol–water partition coefficient (Wildman–Crippen LogP) is 5.28. The molecule has 0 saturated heterocycles. The van der Waals surface area contributed by atoms with Gasteiger partial charge in [-0.3, -0.25) is 9.59 Å². The van der Waals surface area contributed by atoms with Crippen molar-refractivity contribution in [2.24, 2.45) is 0 Å². The second-order valence-corrected chi connectivity index (χ2v) is 8.90. The topological polar surface area (TPSA) is 58.6 Å². The zero-order chi connectivity index (χ0) is 22.8. The van der Waals surface area contributed by atoms with Crippen LogP contribution in [0.1, 0.15) is 57.6 Å². The Morgan fingerprint density at radius 2 is 1.81 bits per heavy atom. The molecule has 0 heterocycles. The molecule has 31 heavy (non-hydrogen) atoms. The van der Waals surface area contributed by atoms with Gasteiger partial charge in [-0.1, -0.05) is 67.4 Å². The molecule has 0 spiro atoms. The predicted molar refractivity (Wildman–Crippen MR) is 128 cm³/mol. The second-order valence-electron chi connectivity index (χ2n) is 7.98. The van der Waals surface area contributed by atoms with E-state index in [-0.39, 0.29) is 18.4 Å². The molecule has 168 valence electrons. The highest BCUT2D eigenvalue weighted by Crippen LogP contribution is 2.19. The fraction of sp³-hybridized carbons (Fsp3) is 0.440. The van der Waals surface area contributed by atoms with E-state index in [2.05, 4.69) is 42.0 Å². The lowest BCUT2D eigenvalue weighted by Gasteiger charge is -2.29. The highest BCUT2D eigenvalue weighted by molar-refractivity contribution is 9.10. The van der Waals surface area contributed by atoms with Gasteiger partial charge in [0.1, 0.15) is 11.8 Å². The van der Waals surface area contributed by atoms with Gasteiger partial charge in [0.2, 0.25) is 5.91 Å². The summed E-state index contributed by atoms with van der Waals surface area (Å²) in [5, 5.41) is 2.92. The summed E-state index contributed by atoms with van der Waals surface area (Å²) in [6, 6.07) is 14.9. The van der Waals surface area contributed by atoms with Crippen LogP contribution in [0.4, 0.5) is 0 Å². The summed E-state index contributed by atoms with van der Waals surface area (Å²) in [5.41, 5.74) is 2.16. The number of benzene rings is 2. The van der Waals surface area contributed by atoms with Crippen LogP contribution in [0.5, 0.6) is 5.75 Å². The Hall–Kier alpha value is -2.34. The maximum absolute atomic E-state index is 13.1. The lowest BCUT2D eigenvalue weighted by atomic mass is 10.0. The molecule has 2 rings (SSSR count). The van der Waals surface area contributed by atoms with Crippen LogP contribution in [-0.2, 0) is 16.1 Å². The van der Waals surface area contributed by atoms with Gasteiger partial charge in [-0.25, -0.2) is 0 Å². The van der Waals surface area contributed by atoms with E-state index in [0.717, 1.165) is 22.9 Å². The first-order chi connectivity index (χ1) is 14.8. The van der Waals surface area contributed by atoms with E-state index in [0.29, 0.717) is 24.8 Å². The van der Waals surface area contributed by atoms with Crippen molar-refractivity contribution < 1.29 is 14.3 Å². The summed E-state index contributed by atoms with van der Waals surface area (Å²) in [6.45, 7) is 8.91. The zero-order valence-corrected chi connectivity index (χ0v) is 20.4. The molecule has 0 saturated carbocycles. The van der Waals surface area contributed by atoms with Gasteiger partial charge in [-0.05, 0) is 54.7 Å². The normalized spacial score (nSPS) is 11.8. The fourth-order valence-corrected chi connectivity index (χ4v) is 3.57. The Balaban J connectivity index is 2.09. The summed E-state index contributed by atoms with van der Waals surface area (Å²) >= 11 is 3.47. The van der Waals surface area contributed by atoms with E-state index in [9.17, 15) is 9.59 Å². The Morgan fingerprint density at radius 3 is 2.42 bits per heavy atom. The van der Waals surface area contributed by atoms with Crippen LogP contribution < -0.4 is 10.1 Å². The summed E-state index contributed by atoms with van der Waals surface area (Å²) in [5.74, 6) is 0.688. The molecule has 0 radical (unpaired) electrons. The van der Waals surface area contributed by atoms with E-state index in [1.807, 2.05) is 48.5 Å². The lowest BCUT2D eigenvalue weighted by molar-refractivity contribution is -0.142. The molecule has 0 aromatic heterocycles. The molecule has 0 aliphatic carbocycles. The molecular formula is C25H33BrN2O3. The van der Waals surface area contributed by atoms with Crippen LogP contribution >= 0.6 is 15.9 Å². The summed E-state index contributed by atoms with van der Waals surface area (Å²) < 4.78 is 6.67. The van der Waals surface area contributed by atoms with Crippen LogP contribution in [0.3, 0.4) is 0 Å². The van der Waals surface area contributed by atoms with Gasteiger partial charge in [-0.2, -0.15) is 0 Å². The van der Waals surface area contributed by atoms with Crippen LogP contribution in [0.15, 0.2) is 53.0 Å². The van der Waals surface area contributed by atoms with Gasteiger partial charge in [0.25, 0.3) is 5.91 Å². The lowest BCUT2D eigenvalue weighted by Crippen LogP contribution is -2.49. The fourth-order valence-electron chi connectivity index (χ4n) is 3.13. The molecule has 2 aromatic rings. The summed E-state index contributed by atoms with van der Waals surface area (Å²) in [6.07, 6.45) is 1.91. The number of amides is 2. The molecular weight excluding hydrogens is 456 g/mol. The minimum absolute atomic E-state index is 0.123. The van der Waals surface area contributed by atoms with E-state index < -0.39 is 6.04 Å². The van der Waals surface area contributed by atoms with Gasteiger partial charge in [0.05, 0.1) is 0 Å². The SMILES string of the molecule is CCCCNC(=O)[C@H](C)N(Cc1cccc(Br)c1)C(=O)COc1ccc(C(C)C)cc1. The summed E-state index contributed by atoms with van der Waals surface area (Å²) in [4.78, 5) is 27.3. The number of carbonyl (C=O) groups excluding carboxylic acids is 2. The maximum atomic E-state index is 13.1. The first kappa shape index (κ1) is 24.9. The van der Waals surface area contributed by atoms with Crippen molar-refractivity contribution >= 4 is 27.7 Å². The molecule has 5 nitrogen and oxygen atoms in total. The number of rotatable bonds is 11. The Labute approximate surface area is 194 Å². The number of halogens is 1. The molecule has 0 aliphatic rings. The zero-order valence-electron chi connectivity index (χ0n) is 18.9. The monoisotopic (exact) mass is 488 g/mol. The number of unbranched alkanes of at least 4 members (excludes halogenated alkanes) is 1. The van der Waals surface area contributed by atoms with Crippen molar-refractivity contribution in [2.75, 3.05) is 13.2 Å². The molecule has 2 amide bonds. The van der Waals surface area contributed by atoms with Crippen LogP contribution in [0, 0.1) is 0 Å². The quantitative estimate of drug-likeness (QED) is 0.437. The Morgan fingerprint density at radius 1 is 1.10 bits per heavy atom. The number of nitrogens with one attached hydrogen (secondary N) is 1. The van der Waals surface area contributed by atoms with E-state index in [4.69, 9.17) is 4.74 Å². The standard InChI is InChI=1S/C25H33BrN2O3/c1-5-6-14-27-25(30)19(4)28(16-20-8-7-9-22(26)15-20)24(29)17-31-23-12-10-21(11-13-23)18(2)3/h7-13,15,18-19H,5-6,14,16-17H2,1-4H3,(H,27,30)/t19-/m0/s1. The number of hydrogen-bond donors (Lipinski definition) is 1. The van der Waals surface area contributed by atoms with Gasteiger partial charge in [-0.15, -0.1) is 0 Å². The van der Waals surface area contributed by atoms with E-state index >= 15 is 0 Å². The largest absolute Gasteiger partial charge is 0.484 e. The third-order valence-corrected chi connectivity index (χ3v) is 5.64. The molecule has 0 aliphatic heterocycles. The smallest absolute Gasteiger partial charge is 0.261 e. The highest BCUT2D eigenvalue weighted by Gasteiger charge is 2.26. The average molecular weight is 489 g/mol. The number of nitrogens with zero attached hydrogens (tertiary/aromatic N) is 1. The molecule has 1 atom stereocenters. The van der Waals surface area contributed by atoms with Crippen molar-refractivity contribution in [3.8, 4) is 5.75 Å². The van der Waals surface area contributed by atoms with Gasteiger partial charge >= 0.3 is 0 Å². The molecule has 2 aromatic carbocycles. The van der Waals surface area contributed by atoms with Crippen LogP contribution in [0.25, 0.3) is 0 Å².